The number of esters is 1. The molecule has 192 valence electrons. The molecule has 37 heavy (non-hydrogen) atoms. The van der Waals surface area contributed by atoms with Gasteiger partial charge in [-0.25, -0.2) is 9.59 Å². The molecule has 0 aromatic heterocycles. The first-order chi connectivity index (χ1) is 17.8. The molecule has 0 heterocycles. The number of anilines is 3. The predicted molar refractivity (Wildman–Crippen MR) is 143 cm³/mol. The van der Waals surface area contributed by atoms with Crippen molar-refractivity contribution in [1.29, 1.82) is 0 Å². The van der Waals surface area contributed by atoms with Gasteiger partial charge in [-0.05, 0) is 55.8 Å². The van der Waals surface area contributed by atoms with Crippen LogP contribution in [0.3, 0.4) is 0 Å². The van der Waals surface area contributed by atoms with Gasteiger partial charge in [0.15, 0.2) is 0 Å². The third-order valence-corrected chi connectivity index (χ3v) is 5.48. The molecule has 0 unspecified atom stereocenters. The molecule has 0 bridgehead atoms. The van der Waals surface area contributed by atoms with Gasteiger partial charge in [-0.15, -0.1) is 0 Å². The van der Waals surface area contributed by atoms with Crippen LogP contribution in [0.5, 0.6) is 0 Å². The zero-order valence-electron chi connectivity index (χ0n) is 21.1. The van der Waals surface area contributed by atoms with E-state index < -0.39 is 24.5 Å². The highest BCUT2D eigenvalue weighted by Crippen LogP contribution is 2.23. The van der Waals surface area contributed by atoms with E-state index >= 15 is 0 Å². The lowest BCUT2D eigenvalue weighted by Gasteiger charge is -2.27. The number of para-hydroxylation sites is 2. The highest BCUT2D eigenvalue weighted by atomic mass is 16.5. The third kappa shape index (κ3) is 7.41. The van der Waals surface area contributed by atoms with E-state index in [1.165, 1.54) is 15.9 Å². The second-order valence-corrected chi connectivity index (χ2v) is 8.18. The summed E-state index contributed by atoms with van der Waals surface area (Å²) in [5.41, 5.74) is 2.54. The van der Waals surface area contributed by atoms with Crippen molar-refractivity contribution in [2.45, 2.75) is 13.8 Å². The van der Waals surface area contributed by atoms with E-state index in [1.54, 1.807) is 74.6 Å². The average Bonchev–Trinajstić information content (AvgIpc) is 2.90. The van der Waals surface area contributed by atoms with Gasteiger partial charge in [0.05, 0.1) is 24.4 Å². The first kappa shape index (κ1) is 26.9. The van der Waals surface area contributed by atoms with Gasteiger partial charge < -0.3 is 25.2 Å². The molecule has 0 aliphatic heterocycles. The molecule has 0 atom stereocenters. The number of carbonyl (C=O) groups is 4. The van der Waals surface area contributed by atoms with Crippen molar-refractivity contribution in [3.63, 3.8) is 0 Å². The summed E-state index contributed by atoms with van der Waals surface area (Å²) in [4.78, 5) is 54.1. The van der Waals surface area contributed by atoms with Crippen LogP contribution < -0.4 is 20.4 Å². The van der Waals surface area contributed by atoms with Crippen molar-refractivity contribution < 1.29 is 23.9 Å². The second-order valence-electron chi connectivity index (χ2n) is 8.18. The molecule has 0 radical (unpaired) electrons. The fourth-order valence-corrected chi connectivity index (χ4v) is 3.58. The number of nitrogens with zero attached hydrogens (tertiary/aromatic N) is 2. The third-order valence-electron chi connectivity index (χ3n) is 5.48. The summed E-state index contributed by atoms with van der Waals surface area (Å²) in [7, 11) is 1.60. The minimum Gasteiger partial charge on any atom is -0.462 e. The second kappa shape index (κ2) is 12.9. The van der Waals surface area contributed by atoms with Crippen LogP contribution in [-0.2, 0) is 14.3 Å². The minimum absolute atomic E-state index is 0.136. The lowest BCUT2D eigenvalue weighted by Crippen LogP contribution is -2.47. The van der Waals surface area contributed by atoms with Crippen LogP contribution in [0.2, 0.25) is 0 Å². The Morgan fingerprint density at radius 2 is 1.57 bits per heavy atom. The maximum absolute atomic E-state index is 13.3. The molecule has 0 saturated carbocycles. The summed E-state index contributed by atoms with van der Waals surface area (Å²) in [5, 5.41) is 5.20. The van der Waals surface area contributed by atoms with Crippen molar-refractivity contribution in [2.24, 2.45) is 0 Å². The van der Waals surface area contributed by atoms with Crippen LogP contribution in [0.1, 0.15) is 22.8 Å². The molecule has 3 rings (SSSR count). The van der Waals surface area contributed by atoms with Gasteiger partial charge in [-0.1, -0.05) is 42.5 Å². The molecule has 0 spiro atoms. The number of rotatable bonds is 9. The molecule has 9 nitrogen and oxygen atoms in total. The highest BCUT2D eigenvalue weighted by molar-refractivity contribution is 6.08. The van der Waals surface area contributed by atoms with Crippen molar-refractivity contribution in [3.05, 3.63) is 90.0 Å². The number of aryl methyl sites for hydroxylation is 1. The van der Waals surface area contributed by atoms with E-state index in [1.807, 2.05) is 19.1 Å². The van der Waals surface area contributed by atoms with Gasteiger partial charge in [0.1, 0.15) is 6.54 Å². The highest BCUT2D eigenvalue weighted by Gasteiger charge is 2.26. The zero-order chi connectivity index (χ0) is 26.8. The van der Waals surface area contributed by atoms with E-state index in [0.717, 1.165) is 5.56 Å². The summed E-state index contributed by atoms with van der Waals surface area (Å²) in [6.07, 6.45) is 0. The van der Waals surface area contributed by atoms with Crippen LogP contribution in [0.15, 0.2) is 78.9 Å². The SMILES string of the molecule is CCOC(=O)c1ccccc1N(CC(=O)N(C)c1ccccc1)C(=O)CNC(=O)Nc1cccc(C)c1. The van der Waals surface area contributed by atoms with Crippen molar-refractivity contribution in [3.8, 4) is 0 Å². The first-order valence-corrected chi connectivity index (χ1v) is 11.8. The summed E-state index contributed by atoms with van der Waals surface area (Å²) in [5.74, 6) is -1.58. The number of hydrogen-bond acceptors (Lipinski definition) is 5. The molecule has 0 saturated heterocycles. The molecule has 0 aliphatic rings. The average molecular weight is 503 g/mol. The Hall–Kier alpha value is -4.66. The maximum Gasteiger partial charge on any atom is 0.340 e. The Bertz CT molecular complexity index is 1260. The Morgan fingerprint density at radius 1 is 0.865 bits per heavy atom. The largest absolute Gasteiger partial charge is 0.462 e. The Balaban J connectivity index is 1.82. The summed E-state index contributed by atoms with van der Waals surface area (Å²) in [6, 6.07) is 22.0. The molecular formula is C28H30N4O5. The van der Waals surface area contributed by atoms with Crippen LogP contribution in [-0.4, -0.2) is 50.6 Å². The quantitative estimate of drug-likeness (QED) is 0.430. The summed E-state index contributed by atoms with van der Waals surface area (Å²) < 4.78 is 5.14. The molecule has 3 aromatic rings. The van der Waals surface area contributed by atoms with E-state index in [4.69, 9.17) is 4.74 Å². The summed E-state index contributed by atoms with van der Waals surface area (Å²) >= 11 is 0. The number of hydrogen-bond donors (Lipinski definition) is 2. The lowest BCUT2D eigenvalue weighted by molar-refractivity contribution is -0.121. The van der Waals surface area contributed by atoms with E-state index in [-0.39, 0.29) is 30.3 Å². The van der Waals surface area contributed by atoms with Crippen LogP contribution in [0, 0.1) is 6.92 Å². The zero-order valence-corrected chi connectivity index (χ0v) is 21.1. The number of likely N-dealkylation sites (N-methyl/N-ethyl adjacent to an activating group) is 1. The van der Waals surface area contributed by atoms with Crippen molar-refractivity contribution in [1.82, 2.24) is 5.32 Å². The standard InChI is InChI=1S/C28H30N4O5/c1-4-37-27(35)23-15-8-9-16-24(23)32(19-26(34)31(3)22-13-6-5-7-14-22)25(33)18-29-28(36)30-21-12-10-11-20(2)17-21/h5-17H,4,18-19H2,1-3H3,(H2,29,30,36). The van der Waals surface area contributed by atoms with Gasteiger partial charge in [0, 0.05) is 18.4 Å². The molecule has 2 N–H and O–H groups in total. The number of nitrogens with one attached hydrogen (secondary N) is 2. The van der Waals surface area contributed by atoms with Crippen LogP contribution >= 0.6 is 0 Å². The van der Waals surface area contributed by atoms with Crippen LogP contribution in [0.25, 0.3) is 0 Å². The monoisotopic (exact) mass is 502 g/mol. The van der Waals surface area contributed by atoms with Gasteiger partial charge >= 0.3 is 12.0 Å². The number of amides is 4. The topological polar surface area (TPSA) is 108 Å². The fourth-order valence-electron chi connectivity index (χ4n) is 3.58. The molecule has 0 fully saturated rings. The first-order valence-electron chi connectivity index (χ1n) is 11.8. The minimum atomic E-state index is -0.620. The Morgan fingerprint density at radius 3 is 2.27 bits per heavy atom. The van der Waals surface area contributed by atoms with Gasteiger partial charge in [0.2, 0.25) is 11.8 Å². The number of carbonyl (C=O) groups excluding carboxylic acids is 4. The normalized spacial score (nSPS) is 10.2. The Kier molecular flexibility index (Phi) is 9.37. The van der Waals surface area contributed by atoms with Gasteiger partial charge in [-0.2, -0.15) is 0 Å². The van der Waals surface area contributed by atoms with E-state index in [2.05, 4.69) is 10.6 Å². The Labute approximate surface area is 216 Å². The van der Waals surface area contributed by atoms with Gasteiger partial charge in [0.25, 0.3) is 0 Å². The van der Waals surface area contributed by atoms with Crippen molar-refractivity contribution >= 4 is 40.9 Å². The van der Waals surface area contributed by atoms with Gasteiger partial charge in [-0.3, -0.25) is 9.59 Å². The van der Waals surface area contributed by atoms with E-state index in [9.17, 15) is 19.2 Å². The fraction of sp³-hybridized carbons (Fsp3) is 0.214. The molecule has 4 amide bonds. The number of urea groups is 1. The van der Waals surface area contributed by atoms with E-state index in [0.29, 0.717) is 11.4 Å². The molecule has 9 heteroatoms. The molecular weight excluding hydrogens is 472 g/mol. The number of benzene rings is 3. The smallest absolute Gasteiger partial charge is 0.340 e. The predicted octanol–water partition coefficient (Wildman–Crippen LogP) is 3.99. The lowest BCUT2D eigenvalue weighted by atomic mass is 10.1. The maximum atomic E-state index is 13.3. The molecule has 0 aliphatic carbocycles. The molecule has 3 aromatic carbocycles. The number of ether oxygens (including phenoxy) is 1. The van der Waals surface area contributed by atoms with Crippen molar-refractivity contribution in [2.75, 3.05) is 41.9 Å². The summed E-state index contributed by atoms with van der Waals surface area (Å²) in [6.45, 7) is 2.96. The van der Waals surface area contributed by atoms with Crippen LogP contribution in [0.4, 0.5) is 21.9 Å².